The van der Waals surface area contributed by atoms with E-state index in [9.17, 15) is 4.79 Å². The lowest BCUT2D eigenvalue weighted by molar-refractivity contribution is 0.0954. The number of methoxy groups -OCH3 is 2. The molecule has 176 valence electrons. The van der Waals surface area contributed by atoms with E-state index in [0.29, 0.717) is 18.5 Å². The number of rotatable bonds is 8. The number of fused-ring (bicyclic) bond motifs is 1. The highest BCUT2D eigenvalue weighted by atomic mass is 35.5. The maximum absolute atomic E-state index is 12.9. The van der Waals surface area contributed by atoms with Crippen LogP contribution in [-0.2, 0) is 13.0 Å². The number of aryl methyl sites for hydroxylation is 1. The first-order chi connectivity index (χ1) is 16.4. The van der Waals surface area contributed by atoms with Crippen molar-refractivity contribution in [1.82, 2.24) is 9.88 Å². The van der Waals surface area contributed by atoms with Crippen LogP contribution >= 0.6 is 11.6 Å². The van der Waals surface area contributed by atoms with Crippen LogP contribution < -0.4 is 14.8 Å². The number of nitrogens with one attached hydrogen (secondary N) is 1. The second-order valence-corrected chi connectivity index (χ2v) is 8.78. The third-order valence-electron chi connectivity index (χ3n) is 6.32. The summed E-state index contributed by atoms with van der Waals surface area (Å²) < 4.78 is 13.0. The van der Waals surface area contributed by atoms with Crippen molar-refractivity contribution in [2.75, 3.05) is 20.8 Å². The molecule has 0 aliphatic rings. The molecule has 1 aromatic heterocycles. The van der Waals surface area contributed by atoms with Crippen LogP contribution in [0.1, 0.15) is 32.7 Å². The fourth-order valence-corrected chi connectivity index (χ4v) is 4.38. The number of ether oxygens (including phenoxy) is 2. The number of benzene rings is 3. The smallest absolute Gasteiger partial charge is 0.251 e. The predicted octanol–water partition coefficient (Wildman–Crippen LogP) is 5.95. The highest BCUT2D eigenvalue weighted by Crippen LogP contribution is 2.28. The third kappa shape index (κ3) is 4.90. The van der Waals surface area contributed by atoms with Crippen LogP contribution in [0, 0.1) is 13.8 Å². The van der Waals surface area contributed by atoms with Gasteiger partial charge in [0.25, 0.3) is 5.91 Å². The van der Waals surface area contributed by atoms with Gasteiger partial charge in [0.15, 0.2) is 0 Å². The average Bonchev–Trinajstić information content (AvgIpc) is 3.09. The van der Waals surface area contributed by atoms with E-state index >= 15 is 0 Å². The van der Waals surface area contributed by atoms with Gasteiger partial charge in [0.2, 0.25) is 0 Å². The van der Waals surface area contributed by atoms with Crippen LogP contribution in [0.4, 0.5) is 0 Å². The molecule has 0 radical (unpaired) electrons. The molecule has 0 fully saturated rings. The Morgan fingerprint density at radius 3 is 2.44 bits per heavy atom. The molecule has 4 rings (SSSR count). The number of hydrogen-bond acceptors (Lipinski definition) is 3. The Labute approximate surface area is 205 Å². The summed E-state index contributed by atoms with van der Waals surface area (Å²) in [4.78, 5) is 12.9. The minimum atomic E-state index is -0.0914. The van der Waals surface area contributed by atoms with Crippen molar-refractivity contribution >= 4 is 28.4 Å². The topological polar surface area (TPSA) is 52.5 Å². The molecular formula is C28H29ClN2O3. The Hall–Kier alpha value is -3.44. The van der Waals surface area contributed by atoms with Crippen LogP contribution in [0.5, 0.6) is 11.5 Å². The van der Waals surface area contributed by atoms with Crippen molar-refractivity contribution < 1.29 is 14.3 Å². The van der Waals surface area contributed by atoms with Gasteiger partial charge in [-0.15, -0.1) is 0 Å². The van der Waals surface area contributed by atoms with Crippen LogP contribution in [0.25, 0.3) is 10.9 Å². The summed E-state index contributed by atoms with van der Waals surface area (Å²) in [5.41, 5.74) is 6.30. The summed E-state index contributed by atoms with van der Waals surface area (Å²) in [7, 11) is 3.28. The first kappa shape index (κ1) is 23.7. The van der Waals surface area contributed by atoms with Crippen molar-refractivity contribution in [3.63, 3.8) is 0 Å². The number of carbonyl (C=O) groups excluding carboxylic acids is 1. The Morgan fingerprint density at radius 1 is 0.971 bits per heavy atom. The summed E-state index contributed by atoms with van der Waals surface area (Å²) in [5.74, 6) is 1.46. The Morgan fingerprint density at radius 2 is 1.74 bits per heavy atom. The van der Waals surface area contributed by atoms with Crippen molar-refractivity contribution in [1.29, 1.82) is 0 Å². The molecule has 3 aromatic carbocycles. The van der Waals surface area contributed by atoms with Gasteiger partial charge in [-0.3, -0.25) is 4.79 Å². The van der Waals surface area contributed by atoms with Crippen LogP contribution in [-0.4, -0.2) is 31.2 Å². The molecule has 0 saturated heterocycles. The molecular weight excluding hydrogens is 448 g/mol. The van der Waals surface area contributed by atoms with Gasteiger partial charge in [-0.25, -0.2) is 0 Å². The zero-order chi connectivity index (χ0) is 24.2. The minimum absolute atomic E-state index is 0.0914. The van der Waals surface area contributed by atoms with E-state index in [-0.39, 0.29) is 5.91 Å². The molecule has 0 spiro atoms. The quantitative estimate of drug-likeness (QED) is 0.342. The predicted molar refractivity (Wildman–Crippen MR) is 138 cm³/mol. The third-order valence-corrected chi connectivity index (χ3v) is 6.57. The van der Waals surface area contributed by atoms with Crippen molar-refractivity contribution in [3.8, 4) is 11.5 Å². The summed E-state index contributed by atoms with van der Waals surface area (Å²) in [6, 6.07) is 19.5. The van der Waals surface area contributed by atoms with Gasteiger partial charge in [0.05, 0.1) is 14.2 Å². The first-order valence-electron chi connectivity index (χ1n) is 11.2. The molecule has 0 aliphatic carbocycles. The van der Waals surface area contributed by atoms with Crippen molar-refractivity contribution in [3.05, 3.63) is 93.6 Å². The molecule has 4 aromatic rings. The Balaban J connectivity index is 1.50. The molecule has 6 heteroatoms. The molecule has 0 bridgehead atoms. The molecule has 1 amide bonds. The van der Waals surface area contributed by atoms with E-state index in [2.05, 4.69) is 23.7 Å². The molecule has 0 unspecified atom stereocenters. The lowest BCUT2D eigenvalue weighted by atomic mass is 10.1. The van der Waals surface area contributed by atoms with E-state index < -0.39 is 0 Å². The van der Waals surface area contributed by atoms with Gasteiger partial charge < -0.3 is 19.4 Å². The summed E-state index contributed by atoms with van der Waals surface area (Å²) >= 11 is 6.04. The molecule has 0 aliphatic heterocycles. The van der Waals surface area contributed by atoms with Crippen LogP contribution in [0.2, 0.25) is 5.02 Å². The summed E-state index contributed by atoms with van der Waals surface area (Å²) in [5, 5.41) is 4.85. The minimum Gasteiger partial charge on any atom is -0.497 e. The zero-order valence-electron chi connectivity index (χ0n) is 19.9. The van der Waals surface area contributed by atoms with Gasteiger partial charge in [-0.2, -0.15) is 0 Å². The first-order valence-corrected chi connectivity index (χ1v) is 11.6. The Kier molecular flexibility index (Phi) is 7.13. The summed E-state index contributed by atoms with van der Waals surface area (Å²) in [6.45, 7) is 5.47. The molecule has 34 heavy (non-hydrogen) atoms. The number of hydrogen-bond donors (Lipinski definition) is 1. The highest BCUT2D eigenvalue weighted by Gasteiger charge is 2.15. The van der Waals surface area contributed by atoms with E-state index in [1.807, 2.05) is 60.7 Å². The number of nitrogens with zero attached hydrogens (tertiary/aromatic N) is 1. The maximum Gasteiger partial charge on any atom is 0.251 e. The summed E-state index contributed by atoms with van der Waals surface area (Å²) in [6.07, 6.45) is 0.643. The largest absolute Gasteiger partial charge is 0.497 e. The van der Waals surface area contributed by atoms with Gasteiger partial charge >= 0.3 is 0 Å². The average molecular weight is 477 g/mol. The van der Waals surface area contributed by atoms with E-state index in [4.69, 9.17) is 21.1 Å². The van der Waals surface area contributed by atoms with E-state index in [1.165, 1.54) is 16.8 Å². The highest BCUT2D eigenvalue weighted by molar-refractivity contribution is 6.30. The molecule has 0 atom stereocenters. The van der Waals surface area contributed by atoms with Crippen LogP contribution in [0.3, 0.4) is 0 Å². The molecule has 1 N–H and O–H groups in total. The standard InChI is InChI=1S/C28H29ClN2O3/c1-18-19(2)31(17-20-5-8-23(29)9-6-20)26-11-7-22(16-25(18)26)28(32)30-14-13-21-15-24(33-3)10-12-27(21)34-4/h5-12,15-16H,13-14,17H2,1-4H3,(H,30,32). The molecule has 1 heterocycles. The fraction of sp³-hybridized carbons (Fsp3) is 0.250. The molecule has 5 nitrogen and oxygen atoms in total. The second kappa shape index (κ2) is 10.2. The SMILES string of the molecule is COc1ccc(OC)c(CCNC(=O)c2ccc3c(c2)c(C)c(C)n3Cc2ccc(Cl)cc2)c1. The van der Waals surface area contributed by atoms with Gasteiger partial charge in [0, 0.05) is 40.3 Å². The lowest BCUT2D eigenvalue weighted by Crippen LogP contribution is -2.25. The number of carbonyl (C=O) groups is 1. The van der Waals surface area contributed by atoms with E-state index in [0.717, 1.165) is 39.5 Å². The second-order valence-electron chi connectivity index (χ2n) is 8.34. The molecule has 0 saturated carbocycles. The van der Waals surface area contributed by atoms with Gasteiger partial charge in [-0.05, 0) is 85.5 Å². The zero-order valence-corrected chi connectivity index (χ0v) is 20.7. The van der Waals surface area contributed by atoms with Gasteiger partial charge in [-0.1, -0.05) is 23.7 Å². The lowest BCUT2D eigenvalue weighted by Gasteiger charge is -2.11. The van der Waals surface area contributed by atoms with Crippen LogP contribution in [0.15, 0.2) is 60.7 Å². The number of halogens is 1. The van der Waals surface area contributed by atoms with Crippen molar-refractivity contribution in [2.24, 2.45) is 0 Å². The Bertz CT molecular complexity index is 1330. The number of aromatic nitrogens is 1. The maximum atomic E-state index is 12.9. The monoisotopic (exact) mass is 476 g/mol. The fourth-order valence-electron chi connectivity index (χ4n) is 4.26. The van der Waals surface area contributed by atoms with Gasteiger partial charge in [0.1, 0.15) is 11.5 Å². The van der Waals surface area contributed by atoms with Crippen molar-refractivity contribution in [2.45, 2.75) is 26.8 Å². The normalized spacial score (nSPS) is 11.0. The number of amides is 1. The van der Waals surface area contributed by atoms with E-state index in [1.54, 1.807) is 14.2 Å².